The summed E-state index contributed by atoms with van der Waals surface area (Å²) in [7, 11) is 0. The Kier molecular flexibility index (Phi) is 3.22. The lowest BCUT2D eigenvalue weighted by atomic mass is 10.2. The molecule has 0 saturated carbocycles. The molecule has 0 aliphatic carbocycles. The molecular weight excluding hydrogens is 158 g/mol. The van der Waals surface area contributed by atoms with Gasteiger partial charge in [-0.1, -0.05) is 0 Å². The molecule has 4 nitrogen and oxygen atoms in total. The quantitative estimate of drug-likeness (QED) is 0.551. The number of amides is 1. The van der Waals surface area contributed by atoms with Gasteiger partial charge < -0.3 is 14.4 Å². The Balaban J connectivity index is 2.46. The van der Waals surface area contributed by atoms with Crippen LogP contribution in [0.4, 0.5) is 0 Å². The highest BCUT2D eigenvalue weighted by atomic mass is 16.5. The van der Waals surface area contributed by atoms with Crippen LogP contribution in [0.5, 0.6) is 0 Å². The molecule has 4 heteroatoms. The van der Waals surface area contributed by atoms with Gasteiger partial charge in [-0.2, -0.15) is 0 Å². The Morgan fingerprint density at radius 2 is 2.33 bits per heavy atom. The summed E-state index contributed by atoms with van der Waals surface area (Å²) in [5, 5.41) is 0. The molecule has 1 heterocycles. The highest BCUT2D eigenvalue weighted by molar-refractivity contribution is 5.65. The second kappa shape index (κ2) is 4.21. The molecule has 12 heavy (non-hydrogen) atoms. The van der Waals surface area contributed by atoms with E-state index in [9.17, 15) is 9.59 Å². The van der Waals surface area contributed by atoms with E-state index in [4.69, 9.17) is 4.74 Å². The second-order valence-corrected chi connectivity index (χ2v) is 2.82. The van der Waals surface area contributed by atoms with Gasteiger partial charge in [0.25, 0.3) is 0 Å². The Morgan fingerprint density at radius 3 is 2.75 bits per heavy atom. The Labute approximate surface area is 71.5 Å². The maximum absolute atomic E-state index is 10.5. The summed E-state index contributed by atoms with van der Waals surface area (Å²) in [5.41, 5.74) is 0. The number of carbonyl (C=O) groups is 2. The number of ether oxygens (including phenoxy) is 1. The fourth-order valence-electron chi connectivity index (χ4n) is 1.46. The number of hydrogen-bond donors (Lipinski definition) is 0. The van der Waals surface area contributed by atoms with Gasteiger partial charge in [0.2, 0.25) is 6.41 Å². The van der Waals surface area contributed by atoms with Crippen molar-refractivity contribution in [3.63, 3.8) is 0 Å². The summed E-state index contributed by atoms with van der Waals surface area (Å²) >= 11 is 0. The smallest absolute Gasteiger partial charge is 0.210 e. The SMILES string of the molecule is CCO[C@@H]1C[C@@H](C=O)N(C=O)C1. The first-order chi connectivity index (χ1) is 5.81. The molecular formula is C8H13NO3. The van der Waals surface area contributed by atoms with E-state index >= 15 is 0 Å². The van der Waals surface area contributed by atoms with Crippen molar-refractivity contribution >= 4 is 12.7 Å². The molecule has 0 aromatic carbocycles. The average Bonchev–Trinajstić information content (AvgIpc) is 2.48. The summed E-state index contributed by atoms with van der Waals surface area (Å²) in [4.78, 5) is 22.4. The van der Waals surface area contributed by atoms with Crippen LogP contribution in [0.2, 0.25) is 0 Å². The van der Waals surface area contributed by atoms with Crippen molar-refractivity contribution in [2.45, 2.75) is 25.5 Å². The Hall–Kier alpha value is -0.900. The van der Waals surface area contributed by atoms with Crippen molar-refractivity contribution < 1.29 is 14.3 Å². The number of likely N-dealkylation sites (tertiary alicyclic amines) is 1. The van der Waals surface area contributed by atoms with Gasteiger partial charge in [0.1, 0.15) is 6.29 Å². The Bertz CT molecular complexity index is 156. The third kappa shape index (κ3) is 1.82. The van der Waals surface area contributed by atoms with Gasteiger partial charge in [-0.3, -0.25) is 4.79 Å². The normalized spacial score (nSPS) is 28.9. The van der Waals surface area contributed by atoms with Crippen molar-refractivity contribution in [3.05, 3.63) is 0 Å². The Morgan fingerprint density at radius 1 is 1.58 bits per heavy atom. The zero-order valence-electron chi connectivity index (χ0n) is 7.10. The van der Waals surface area contributed by atoms with Crippen LogP contribution in [-0.2, 0) is 14.3 Å². The van der Waals surface area contributed by atoms with Gasteiger partial charge in [-0.15, -0.1) is 0 Å². The zero-order valence-corrected chi connectivity index (χ0v) is 7.10. The van der Waals surface area contributed by atoms with E-state index in [0.29, 0.717) is 26.0 Å². The highest BCUT2D eigenvalue weighted by Crippen LogP contribution is 2.16. The number of aldehydes is 1. The van der Waals surface area contributed by atoms with Crippen molar-refractivity contribution in [2.75, 3.05) is 13.2 Å². The molecule has 1 aliphatic heterocycles. The van der Waals surface area contributed by atoms with Gasteiger partial charge >= 0.3 is 0 Å². The van der Waals surface area contributed by atoms with Crippen molar-refractivity contribution in [3.8, 4) is 0 Å². The van der Waals surface area contributed by atoms with Crippen LogP contribution in [0, 0.1) is 0 Å². The fraction of sp³-hybridized carbons (Fsp3) is 0.750. The predicted octanol–water partition coefficient (Wildman–Crippen LogP) is -0.179. The van der Waals surface area contributed by atoms with Crippen LogP contribution in [0.1, 0.15) is 13.3 Å². The number of hydrogen-bond acceptors (Lipinski definition) is 3. The molecule has 0 aromatic rings. The lowest BCUT2D eigenvalue weighted by Gasteiger charge is -2.12. The first kappa shape index (κ1) is 9.19. The van der Waals surface area contributed by atoms with Gasteiger partial charge in [0.15, 0.2) is 0 Å². The lowest BCUT2D eigenvalue weighted by Crippen LogP contribution is -2.29. The topological polar surface area (TPSA) is 46.6 Å². The second-order valence-electron chi connectivity index (χ2n) is 2.82. The third-order valence-electron chi connectivity index (χ3n) is 2.04. The van der Waals surface area contributed by atoms with Gasteiger partial charge in [0.05, 0.1) is 12.1 Å². The summed E-state index contributed by atoms with van der Waals surface area (Å²) in [6.07, 6.45) is 2.18. The molecule has 1 amide bonds. The number of carbonyl (C=O) groups excluding carboxylic acids is 2. The van der Waals surface area contributed by atoms with E-state index in [1.807, 2.05) is 6.92 Å². The van der Waals surface area contributed by atoms with Crippen LogP contribution >= 0.6 is 0 Å². The molecule has 2 atom stereocenters. The predicted molar refractivity (Wildman–Crippen MR) is 42.7 cm³/mol. The maximum Gasteiger partial charge on any atom is 0.210 e. The number of rotatable bonds is 4. The highest BCUT2D eigenvalue weighted by Gasteiger charge is 2.30. The van der Waals surface area contributed by atoms with Crippen LogP contribution in [0.25, 0.3) is 0 Å². The first-order valence-corrected chi connectivity index (χ1v) is 4.09. The molecule has 1 saturated heterocycles. The first-order valence-electron chi connectivity index (χ1n) is 4.09. The molecule has 0 N–H and O–H groups in total. The van der Waals surface area contributed by atoms with Crippen LogP contribution in [0.3, 0.4) is 0 Å². The molecule has 1 aliphatic rings. The molecule has 68 valence electrons. The van der Waals surface area contributed by atoms with E-state index < -0.39 is 0 Å². The van der Waals surface area contributed by atoms with E-state index in [1.165, 1.54) is 4.90 Å². The van der Waals surface area contributed by atoms with Gasteiger partial charge in [-0.05, 0) is 6.92 Å². The summed E-state index contributed by atoms with van der Waals surface area (Å²) in [6.45, 7) is 3.07. The summed E-state index contributed by atoms with van der Waals surface area (Å²) < 4.78 is 5.31. The molecule has 1 fully saturated rings. The molecule has 0 unspecified atom stereocenters. The molecule has 0 radical (unpaired) electrons. The van der Waals surface area contributed by atoms with Crippen molar-refractivity contribution in [1.82, 2.24) is 4.90 Å². The third-order valence-corrected chi connectivity index (χ3v) is 2.04. The molecule has 0 aromatic heterocycles. The minimum atomic E-state index is -0.279. The lowest BCUT2D eigenvalue weighted by molar-refractivity contribution is -0.123. The van der Waals surface area contributed by atoms with E-state index in [2.05, 4.69) is 0 Å². The maximum atomic E-state index is 10.5. The molecule has 0 spiro atoms. The summed E-state index contributed by atoms with van der Waals surface area (Å²) in [6, 6.07) is -0.279. The van der Waals surface area contributed by atoms with Crippen LogP contribution < -0.4 is 0 Å². The monoisotopic (exact) mass is 171 g/mol. The van der Waals surface area contributed by atoms with E-state index in [-0.39, 0.29) is 12.1 Å². The van der Waals surface area contributed by atoms with Crippen molar-refractivity contribution in [1.29, 1.82) is 0 Å². The number of nitrogens with zero attached hydrogens (tertiary/aromatic N) is 1. The van der Waals surface area contributed by atoms with Crippen LogP contribution in [0.15, 0.2) is 0 Å². The van der Waals surface area contributed by atoms with Crippen LogP contribution in [-0.4, -0.2) is 42.9 Å². The van der Waals surface area contributed by atoms with E-state index in [0.717, 1.165) is 6.29 Å². The van der Waals surface area contributed by atoms with Crippen molar-refractivity contribution in [2.24, 2.45) is 0 Å². The standard InChI is InChI=1S/C8H13NO3/c1-2-12-8-3-7(5-10)9(4-8)6-11/h5-8H,2-4H2,1H3/t7-,8+/m0/s1. The summed E-state index contributed by atoms with van der Waals surface area (Å²) in [5.74, 6) is 0. The molecule has 0 bridgehead atoms. The van der Waals surface area contributed by atoms with Gasteiger partial charge in [0, 0.05) is 19.6 Å². The zero-order chi connectivity index (χ0) is 8.97. The largest absolute Gasteiger partial charge is 0.377 e. The fourth-order valence-corrected chi connectivity index (χ4v) is 1.46. The minimum absolute atomic E-state index is 0.0374. The van der Waals surface area contributed by atoms with Gasteiger partial charge in [-0.25, -0.2) is 0 Å². The molecule has 1 rings (SSSR count). The van der Waals surface area contributed by atoms with E-state index in [1.54, 1.807) is 0 Å². The minimum Gasteiger partial charge on any atom is -0.377 e. The average molecular weight is 171 g/mol.